The number of hydrogen-bond donors (Lipinski definition) is 3. The summed E-state index contributed by atoms with van der Waals surface area (Å²) in [6, 6.07) is -1.01. The van der Waals surface area contributed by atoms with E-state index in [0.717, 1.165) is 32.2 Å². The Kier molecular flexibility index (Phi) is 8.70. The maximum atomic E-state index is 12.7. The third-order valence-electron chi connectivity index (χ3n) is 5.20. The number of amides is 2. The van der Waals surface area contributed by atoms with Gasteiger partial charge in [0.2, 0.25) is 11.8 Å². The van der Waals surface area contributed by atoms with Gasteiger partial charge in [-0.3, -0.25) is 14.5 Å². The Labute approximate surface area is 146 Å². The zero-order valence-electron chi connectivity index (χ0n) is 15.8. The van der Waals surface area contributed by atoms with Crippen molar-refractivity contribution in [3.05, 3.63) is 0 Å². The van der Waals surface area contributed by atoms with Gasteiger partial charge in [-0.15, -0.1) is 0 Å². The van der Waals surface area contributed by atoms with E-state index in [4.69, 9.17) is 0 Å². The molecule has 1 aliphatic rings. The highest BCUT2D eigenvalue weighted by Crippen LogP contribution is 2.16. The van der Waals surface area contributed by atoms with Crippen molar-refractivity contribution >= 4 is 11.8 Å². The number of nitrogens with one attached hydrogen (secondary N) is 2. The lowest BCUT2D eigenvalue weighted by Gasteiger charge is -2.34. The number of carbonyl (C=O) groups is 2. The molecule has 1 heterocycles. The van der Waals surface area contributed by atoms with E-state index in [2.05, 4.69) is 15.5 Å². The number of piperidine rings is 1. The second-order valence-corrected chi connectivity index (χ2v) is 7.41. The first-order valence-electron chi connectivity index (χ1n) is 9.23. The van der Waals surface area contributed by atoms with Crippen molar-refractivity contribution in [3.63, 3.8) is 0 Å². The van der Waals surface area contributed by atoms with Gasteiger partial charge >= 0.3 is 0 Å². The molecule has 0 bridgehead atoms. The molecular formula is C18H35N3O3. The first kappa shape index (κ1) is 20.9. The van der Waals surface area contributed by atoms with E-state index < -0.39 is 6.04 Å². The summed E-state index contributed by atoms with van der Waals surface area (Å²) in [5.74, 6) is -0.0993. The standard InChI is InChI=1S/C18H35N3O3/c1-6-13(4)16(18(24)19-14(11-22)12(2)3)20-17(23)15-9-7-8-10-21(15)5/h12-16,22H,6-11H2,1-5H3,(H,19,24)(H,20,23). The summed E-state index contributed by atoms with van der Waals surface area (Å²) in [5.41, 5.74) is 0. The highest BCUT2D eigenvalue weighted by molar-refractivity contribution is 5.90. The molecule has 4 atom stereocenters. The molecule has 1 rings (SSSR count). The number of rotatable bonds is 8. The number of aliphatic hydroxyl groups excluding tert-OH is 1. The number of hydrogen-bond acceptors (Lipinski definition) is 4. The Morgan fingerprint density at radius 2 is 1.88 bits per heavy atom. The molecule has 0 saturated carbocycles. The fraction of sp³-hybridized carbons (Fsp3) is 0.889. The van der Waals surface area contributed by atoms with Crippen molar-refractivity contribution in [2.24, 2.45) is 11.8 Å². The van der Waals surface area contributed by atoms with Gasteiger partial charge in [0.15, 0.2) is 0 Å². The monoisotopic (exact) mass is 341 g/mol. The molecule has 6 heteroatoms. The first-order chi connectivity index (χ1) is 11.3. The predicted molar refractivity (Wildman–Crippen MR) is 95.5 cm³/mol. The molecule has 0 spiro atoms. The minimum atomic E-state index is -0.564. The van der Waals surface area contributed by atoms with E-state index in [-0.39, 0.29) is 42.3 Å². The Morgan fingerprint density at radius 3 is 2.38 bits per heavy atom. The molecule has 24 heavy (non-hydrogen) atoms. The highest BCUT2D eigenvalue weighted by atomic mass is 16.3. The molecular weight excluding hydrogens is 306 g/mol. The lowest BCUT2D eigenvalue weighted by Crippen LogP contribution is -2.58. The number of likely N-dealkylation sites (tertiary alicyclic amines) is 1. The van der Waals surface area contributed by atoms with Crippen LogP contribution in [0.5, 0.6) is 0 Å². The van der Waals surface area contributed by atoms with Crippen molar-refractivity contribution in [2.75, 3.05) is 20.2 Å². The van der Waals surface area contributed by atoms with Gasteiger partial charge in [-0.25, -0.2) is 0 Å². The molecule has 3 N–H and O–H groups in total. The lowest BCUT2D eigenvalue weighted by atomic mass is 9.95. The molecule has 1 saturated heterocycles. The van der Waals surface area contributed by atoms with Crippen molar-refractivity contribution < 1.29 is 14.7 Å². The summed E-state index contributed by atoms with van der Waals surface area (Å²) < 4.78 is 0. The van der Waals surface area contributed by atoms with Crippen LogP contribution in [0.15, 0.2) is 0 Å². The van der Waals surface area contributed by atoms with Gasteiger partial charge < -0.3 is 15.7 Å². The van der Waals surface area contributed by atoms with Crippen LogP contribution in [0.4, 0.5) is 0 Å². The van der Waals surface area contributed by atoms with Crippen molar-refractivity contribution in [1.29, 1.82) is 0 Å². The smallest absolute Gasteiger partial charge is 0.243 e. The van der Waals surface area contributed by atoms with Crippen LogP contribution in [0.1, 0.15) is 53.4 Å². The number of nitrogens with zero attached hydrogens (tertiary/aromatic N) is 1. The van der Waals surface area contributed by atoms with Gasteiger partial charge in [-0.1, -0.05) is 40.5 Å². The third kappa shape index (κ3) is 5.74. The molecule has 0 radical (unpaired) electrons. The minimum Gasteiger partial charge on any atom is -0.394 e. The van der Waals surface area contributed by atoms with E-state index in [9.17, 15) is 14.7 Å². The lowest BCUT2D eigenvalue weighted by molar-refractivity contribution is -0.134. The summed E-state index contributed by atoms with van der Waals surface area (Å²) in [7, 11) is 1.96. The average molecular weight is 341 g/mol. The van der Waals surface area contributed by atoms with E-state index in [1.807, 2.05) is 34.7 Å². The summed E-state index contributed by atoms with van der Waals surface area (Å²) >= 11 is 0. The number of aliphatic hydroxyl groups is 1. The quantitative estimate of drug-likeness (QED) is 0.618. The van der Waals surface area contributed by atoms with Crippen LogP contribution in [0.25, 0.3) is 0 Å². The molecule has 0 aromatic rings. The average Bonchev–Trinajstić information content (AvgIpc) is 2.56. The summed E-state index contributed by atoms with van der Waals surface area (Å²) in [6.07, 6.45) is 3.79. The topological polar surface area (TPSA) is 81.7 Å². The van der Waals surface area contributed by atoms with E-state index >= 15 is 0 Å². The van der Waals surface area contributed by atoms with Crippen LogP contribution >= 0.6 is 0 Å². The number of likely N-dealkylation sites (N-methyl/N-ethyl adjacent to an activating group) is 1. The molecule has 140 valence electrons. The van der Waals surface area contributed by atoms with E-state index in [1.54, 1.807) is 0 Å². The van der Waals surface area contributed by atoms with Crippen LogP contribution in [0.2, 0.25) is 0 Å². The van der Waals surface area contributed by atoms with Crippen molar-refractivity contribution in [3.8, 4) is 0 Å². The Bertz CT molecular complexity index is 414. The number of carbonyl (C=O) groups excluding carboxylic acids is 2. The van der Waals surface area contributed by atoms with Crippen LogP contribution in [-0.4, -0.2) is 60.1 Å². The summed E-state index contributed by atoms with van der Waals surface area (Å²) in [5, 5.41) is 15.3. The maximum absolute atomic E-state index is 12.7. The molecule has 1 aliphatic heterocycles. The Balaban J connectivity index is 2.77. The largest absolute Gasteiger partial charge is 0.394 e. The van der Waals surface area contributed by atoms with Gasteiger partial charge in [-0.05, 0) is 38.3 Å². The van der Waals surface area contributed by atoms with E-state index in [1.165, 1.54) is 0 Å². The van der Waals surface area contributed by atoms with Crippen LogP contribution in [-0.2, 0) is 9.59 Å². The normalized spacial score (nSPS) is 22.7. The molecule has 1 fully saturated rings. The summed E-state index contributed by atoms with van der Waals surface area (Å²) in [6.45, 7) is 8.70. The first-order valence-corrected chi connectivity index (χ1v) is 9.23. The molecule has 4 unspecified atom stereocenters. The second kappa shape index (κ2) is 9.99. The van der Waals surface area contributed by atoms with Crippen molar-refractivity contribution in [1.82, 2.24) is 15.5 Å². The molecule has 0 aromatic heterocycles. The SMILES string of the molecule is CCC(C)C(NC(=O)C1CCCCN1C)C(=O)NC(CO)C(C)C. The molecule has 2 amide bonds. The van der Waals surface area contributed by atoms with Gasteiger partial charge in [0, 0.05) is 0 Å². The molecule has 6 nitrogen and oxygen atoms in total. The second-order valence-electron chi connectivity index (χ2n) is 7.41. The third-order valence-corrected chi connectivity index (χ3v) is 5.20. The van der Waals surface area contributed by atoms with Gasteiger partial charge in [-0.2, -0.15) is 0 Å². The van der Waals surface area contributed by atoms with Crippen LogP contribution in [0.3, 0.4) is 0 Å². The Morgan fingerprint density at radius 1 is 1.21 bits per heavy atom. The van der Waals surface area contributed by atoms with Gasteiger partial charge in [0.05, 0.1) is 18.7 Å². The maximum Gasteiger partial charge on any atom is 0.243 e. The van der Waals surface area contributed by atoms with Crippen molar-refractivity contribution in [2.45, 2.75) is 71.5 Å². The minimum absolute atomic E-state index is 0.0364. The fourth-order valence-corrected chi connectivity index (χ4v) is 3.05. The molecule has 0 aliphatic carbocycles. The predicted octanol–water partition coefficient (Wildman–Crippen LogP) is 1.13. The fourth-order valence-electron chi connectivity index (χ4n) is 3.05. The zero-order valence-corrected chi connectivity index (χ0v) is 15.8. The van der Waals surface area contributed by atoms with Gasteiger partial charge in [0.25, 0.3) is 0 Å². The van der Waals surface area contributed by atoms with Crippen LogP contribution in [0, 0.1) is 11.8 Å². The summed E-state index contributed by atoms with van der Waals surface area (Å²) in [4.78, 5) is 27.4. The van der Waals surface area contributed by atoms with Crippen LogP contribution < -0.4 is 10.6 Å². The zero-order chi connectivity index (χ0) is 18.3. The van der Waals surface area contributed by atoms with E-state index in [0.29, 0.717) is 0 Å². The van der Waals surface area contributed by atoms with Gasteiger partial charge in [0.1, 0.15) is 6.04 Å². The highest BCUT2D eigenvalue weighted by Gasteiger charge is 2.32. The Hall–Kier alpha value is -1.14. The molecule has 0 aromatic carbocycles.